The van der Waals surface area contributed by atoms with Crippen molar-refractivity contribution in [1.82, 2.24) is 4.90 Å². The summed E-state index contributed by atoms with van der Waals surface area (Å²) in [5.41, 5.74) is 0.340. The van der Waals surface area contributed by atoms with Crippen LogP contribution in [0.3, 0.4) is 0 Å². The van der Waals surface area contributed by atoms with Gasteiger partial charge >= 0.3 is 0 Å². The molecule has 15 heavy (non-hydrogen) atoms. The average Bonchev–Trinajstić information content (AvgIpc) is 2.48. The van der Waals surface area contributed by atoms with E-state index in [2.05, 4.69) is 0 Å². The lowest BCUT2D eigenvalue weighted by Crippen LogP contribution is -2.34. The summed E-state index contributed by atoms with van der Waals surface area (Å²) >= 11 is 0. The Labute approximate surface area is 91.8 Å². The molecule has 1 aliphatic heterocycles. The molecule has 1 fully saturated rings. The Bertz CT molecular complexity index is 272. The van der Waals surface area contributed by atoms with E-state index >= 15 is 0 Å². The van der Waals surface area contributed by atoms with E-state index in [0.717, 1.165) is 18.5 Å². The fourth-order valence-corrected chi connectivity index (χ4v) is 1.88. The zero-order valence-electron chi connectivity index (χ0n) is 10.1. The lowest BCUT2D eigenvalue weighted by molar-refractivity contribution is -0.125. The predicted molar refractivity (Wildman–Crippen MR) is 60.4 cm³/mol. The van der Waals surface area contributed by atoms with Crippen molar-refractivity contribution >= 4 is 5.91 Å². The van der Waals surface area contributed by atoms with Crippen molar-refractivity contribution in [3.05, 3.63) is 11.6 Å². The Hall–Kier alpha value is -0.830. The van der Waals surface area contributed by atoms with Crippen molar-refractivity contribution in [3.8, 4) is 0 Å². The first-order valence-electron chi connectivity index (χ1n) is 5.47. The molecule has 3 heteroatoms. The van der Waals surface area contributed by atoms with E-state index in [4.69, 9.17) is 0 Å². The zero-order chi connectivity index (χ0) is 11.6. The quantitative estimate of drug-likeness (QED) is 0.704. The van der Waals surface area contributed by atoms with Crippen LogP contribution in [-0.2, 0) is 4.79 Å². The summed E-state index contributed by atoms with van der Waals surface area (Å²) in [6.07, 6.45) is 2.55. The average molecular weight is 211 g/mol. The number of rotatable bonds is 2. The minimum Gasteiger partial charge on any atom is -0.390 e. The third-order valence-electron chi connectivity index (χ3n) is 2.91. The van der Waals surface area contributed by atoms with E-state index in [1.54, 1.807) is 6.08 Å². The summed E-state index contributed by atoms with van der Waals surface area (Å²) in [4.78, 5) is 13.5. The van der Waals surface area contributed by atoms with Gasteiger partial charge in [-0.1, -0.05) is 5.57 Å². The fraction of sp³-hybridized carbons (Fsp3) is 0.750. The van der Waals surface area contributed by atoms with Gasteiger partial charge in [0.15, 0.2) is 0 Å². The molecule has 1 atom stereocenters. The fourth-order valence-electron chi connectivity index (χ4n) is 1.88. The number of hydrogen-bond acceptors (Lipinski definition) is 2. The molecule has 1 N–H and O–H groups in total. The molecule has 1 aliphatic rings. The molecule has 0 aromatic heterocycles. The molecule has 0 saturated carbocycles. The van der Waals surface area contributed by atoms with E-state index in [9.17, 15) is 9.90 Å². The highest BCUT2D eigenvalue weighted by atomic mass is 16.3. The van der Waals surface area contributed by atoms with Crippen LogP contribution in [0.1, 0.15) is 34.1 Å². The molecular formula is C12H21NO2. The van der Waals surface area contributed by atoms with E-state index < -0.39 is 5.60 Å². The maximum atomic E-state index is 11.7. The molecule has 0 aromatic carbocycles. The SMILES string of the molecule is CC(C)=CC(=O)N1CCC(C(C)(C)O)C1. The van der Waals surface area contributed by atoms with Gasteiger partial charge in [0.2, 0.25) is 5.91 Å². The number of amides is 1. The molecule has 86 valence electrons. The number of likely N-dealkylation sites (tertiary alicyclic amines) is 1. The van der Waals surface area contributed by atoms with Gasteiger partial charge in [-0.05, 0) is 34.1 Å². The number of hydrogen-bond donors (Lipinski definition) is 1. The second-order valence-electron chi connectivity index (χ2n) is 5.15. The molecule has 0 radical (unpaired) electrons. The smallest absolute Gasteiger partial charge is 0.246 e. The molecule has 0 aliphatic carbocycles. The highest BCUT2D eigenvalue weighted by Gasteiger charge is 2.34. The number of allylic oxidation sites excluding steroid dienone is 1. The lowest BCUT2D eigenvalue weighted by atomic mass is 9.90. The van der Waals surface area contributed by atoms with Crippen LogP contribution in [0.4, 0.5) is 0 Å². The van der Waals surface area contributed by atoms with Gasteiger partial charge in [0.05, 0.1) is 5.60 Å². The molecule has 1 amide bonds. The van der Waals surface area contributed by atoms with Crippen molar-refractivity contribution in [3.63, 3.8) is 0 Å². The van der Waals surface area contributed by atoms with Crippen molar-refractivity contribution in [2.24, 2.45) is 5.92 Å². The second kappa shape index (κ2) is 4.35. The summed E-state index contributed by atoms with van der Waals surface area (Å²) in [6, 6.07) is 0. The molecular weight excluding hydrogens is 190 g/mol. The standard InChI is InChI=1S/C12H21NO2/c1-9(2)7-11(14)13-6-5-10(8-13)12(3,4)15/h7,10,15H,5-6,8H2,1-4H3. The zero-order valence-corrected chi connectivity index (χ0v) is 10.1. The molecule has 1 unspecified atom stereocenters. The Morgan fingerprint density at radius 1 is 1.47 bits per heavy atom. The van der Waals surface area contributed by atoms with E-state index in [0.29, 0.717) is 6.54 Å². The summed E-state index contributed by atoms with van der Waals surface area (Å²) in [5.74, 6) is 0.272. The molecule has 0 bridgehead atoms. The Balaban J connectivity index is 2.57. The molecule has 1 saturated heterocycles. The van der Waals surface area contributed by atoms with Crippen molar-refractivity contribution in [1.29, 1.82) is 0 Å². The maximum Gasteiger partial charge on any atom is 0.246 e. The minimum absolute atomic E-state index is 0.0711. The highest BCUT2D eigenvalue weighted by Crippen LogP contribution is 2.27. The van der Waals surface area contributed by atoms with Gasteiger partial charge in [0.1, 0.15) is 0 Å². The summed E-state index contributed by atoms with van der Waals surface area (Å²) in [7, 11) is 0. The Morgan fingerprint density at radius 3 is 2.47 bits per heavy atom. The first kappa shape index (κ1) is 12.2. The van der Waals surface area contributed by atoms with Crippen LogP contribution in [0.2, 0.25) is 0 Å². The first-order valence-corrected chi connectivity index (χ1v) is 5.47. The minimum atomic E-state index is -0.681. The van der Waals surface area contributed by atoms with E-state index in [1.807, 2.05) is 32.6 Å². The number of carbonyl (C=O) groups excluding carboxylic acids is 1. The number of aliphatic hydroxyl groups is 1. The second-order valence-corrected chi connectivity index (χ2v) is 5.15. The van der Waals surface area contributed by atoms with Crippen molar-refractivity contribution in [2.75, 3.05) is 13.1 Å². The Morgan fingerprint density at radius 2 is 2.07 bits per heavy atom. The van der Waals surface area contributed by atoms with Crippen LogP contribution in [0, 0.1) is 5.92 Å². The van der Waals surface area contributed by atoms with Crippen LogP contribution < -0.4 is 0 Å². The topological polar surface area (TPSA) is 40.5 Å². The van der Waals surface area contributed by atoms with Gasteiger partial charge in [0.25, 0.3) is 0 Å². The Kier molecular flexibility index (Phi) is 3.55. The molecule has 1 rings (SSSR count). The van der Waals surface area contributed by atoms with Crippen LogP contribution in [0.5, 0.6) is 0 Å². The number of carbonyl (C=O) groups is 1. The molecule has 3 nitrogen and oxygen atoms in total. The van der Waals surface area contributed by atoms with Crippen molar-refractivity contribution < 1.29 is 9.90 Å². The largest absolute Gasteiger partial charge is 0.390 e. The van der Waals surface area contributed by atoms with E-state index in [-0.39, 0.29) is 11.8 Å². The third kappa shape index (κ3) is 3.34. The predicted octanol–water partition coefficient (Wildman–Crippen LogP) is 1.57. The normalized spacial score (nSPS) is 21.7. The van der Waals surface area contributed by atoms with Gasteiger partial charge < -0.3 is 10.0 Å². The first-order chi connectivity index (χ1) is 6.80. The third-order valence-corrected chi connectivity index (χ3v) is 2.91. The molecule has 0 aromatic rings. The van der Waals surface area contributed by atoms with Gasteiger partial charge in [0, 0.05) is 25.1 Å². The maximum absolute atomic E-state index is 11.7. The van der Waals surface area contributed by atoms with Crippen LogP contribution in [0.25, 0.3) is 0 Å². The summed E-state index contributed by atoms with van der Waals surface area (Å²) in [6.45, 7) is 8.89. The summed E-state index contributed by atoms with van der Waals surface area (Å²) < 4.78 is 0. The molecule has 0 spiro atoms. The van der Waals surface area contributed by atoms with Gasteiger partial charge in [-0.3, -0.25) is 4.79 Å². The van der Waals surface area contributed by atoms with E-state index in [1.165, 1.54) is 0 Å². The highest BCUT2D eigenvalue weighted by molar-refractivity contribution is 5.88. The summed E-state index contributed by atoms with van der Waals surface area (Å²) in [5, 5.41) is 9.85. The van der Waals surface area contributed by atoms with Gasteiger partial charge in [-0.15, -0.1) is 0 Å². The molecule has 1 heterocycles. The van der Waals surface area contributed by atoms with Crippen LogP contribution in [0.15, 0.2) is 11.6 Å². The monoisotopic (exact) mass is 211 g/mol. The van der Waals surface area contributed by atoms with Gasteiger partial charge in [-0.25, -0.2) is 0 Å². The lowest BCUT2D eigenvalue weighted by Gasteiger charge is -2.25. The van der Waals surface area contributed by atoms with Crippen molar-refractivity contribution in [2.45, 2.75) is 39.7 Å². The van der Waals surface area contributed by atoms with Gasteiger partial charge in [-0.2, -0.15) is 0 Å². The van der Waals surface area contributed by atoms with Crippen LogP contribution >= 0.6 is 0 Å². The van der Waals surface area contributed by atoms with Crippen LogP contribution in [-0.4, -0.2) is 34.6 Å². The number of nitrogens with zero attached hydrogens (tertiary/aromatic N) is 1.